The average Bonchev–Trinajstić information content (AvgIpc) is 3.36. The number of phenolic OH excluding ortho intramolecular Hbond substituents is 1. The first-order valence-corrected chi connectivity index (χ1v) is 9.36. The smallest absolute Gasteiger partial charge is 0.159 e. The fourth-order valence-corrected chi connectivity index (χ4v) is 3.85. The monoisotopic (exact) mass is 387 g/mol. The lowest BCUT2D eigenvalue weighted by Gasteiger charge is -2.23. The van der Waals surface area contributed by atoms with E-state index in [1.165, 1.54) is 12.1 Å². The molecule has 5 nitrogen and oxygen atoms in total. The predicted molar refractivity (Wildman–Crippen MR) is 108 cm³/mol. The van der Waals surface area contributed by atoms with Crippen molar-refractivity contribution in [3.63, 3.8) is 0 Å². The van der Waals surface area contributed by atoms with Crippen LogP contribution in [0.4, 0.5) is 10.2 Å². The van der Waals surface area contributed by atoms with Crippen LogP contribution in [0.1, 0.15) is 29.5 Å². The zero-order valence-electron chi connectivity index (χ0n) is 15.7. The summed E-state index contributed by atoms with van der Waals surface area (Å²) in [4.78, 5) is 4.88. The van der Waals surface area contributed by atoms with Gasteiger partial charge in [-0.1, -0.05) is 24.3 Å². The highest BCUT2D eigenvalue weighted by Crippen LogP contribution is 2.42. The van der Waals surface area contributed by atoms with Gasteiger partial charge in [0.2, 0.25) is 0 Å². The van der Waals surface area contributed by atoms with Gasteiger partial charge < -0.3 is 9.52 Å². The van der Waals surface area contributed by atoms with Crippen molar-refractivity contribution in [2.24, 2.45) is 4.99 Å². The van der Waals surface area contributed by atoms with E-state index in [1.54, 1.807) is 30.5 Å². The Labute approximate surface area is 166 Å². The Morgan fingerprint density at radius 2 is 1.86 bits per heavy atom. The number of rotatable bonds is 3. The molecule has 0 fully saturated rings. The van der Waals surface area contributed by atoms with Gasteiger partial charge in [0, 0.05) is 17.5 Å². The summed E-state index contributed by atoms with van der Waals surface area (Å²) in [6, 6.07) is 17.0. The fraction of sp³-hybridized carbons (Fsp3) is 0.130. The molecule has 4 aromatic rings. The molecule has 0 radical (unpaired) electrons. The standard InChI is InChI=1S/C23H18FN3O2/c1-14-22(15-8-10-16(24)11-9-15)23-25-18(17-5-2-3-6-20(17)28)13-19(27(23)26-14)21-7-4-12-29-21/h2-12,19,28H,13H2,1H3/t19-/m0/s1. The third-order valence-electron chi connectivity index (χ3n) is 5.20. The Hall–Kier alpha value is -3.67. The predicted octanol–water partition coefficient (Wildman–Crippen LogP) is 5.41. The zero-order valence-corrected chi connectivity index (χ0v) is 15.7. The van der Waals surface area contributed by atoms with Gasteiger partial charge >= 0.3 is 0 Å². The molecular weight excluding hydrogens is 369 g/mol. The first-order chi connectivity index (χ1) is 14.1. The molecule has 0 amide bonds. The maximum atomic E-state index is 13.5. The molecule has 3 heterocycles. The molecule has 144 valence electrons. The van der Waals surface area contributed by atoms with E-state index in [1.807, 2.05) is 35.9 Å². The number of furan rings is 1. The summed E-state index contributed by atoms with van der Waals surface area (Å²) < 4.78 is 21.0. The van der Waals surface area contributed by atoms with Crippen molar-refractivity contribution >= 4 is 11.5 Å². The van der Waals surface area contributed by atoms with E-state index in [4.69, 9.17) is 14.5 Å². The van der Waals surface area contributed by atoms with Gasteiger partial charge in [0.05, 0.1) is 17.7 Å². The molecule has 0 bridgehead atoms. The number of para-hydroxylation sites is 1. The molecule has 1 aliphatic rings. The highest BCUT2D eigenvalue weighted by atomic mass is 19.1. The van der Waals surface area contributed by atoms with Gasteiger partial charge in [-0.25, -0.2) is 14.1 Å². The van der Waals surface area contributed by atoms with Crippen LogP contribution in [0, 0.1) is 12.7 Å². The molecule has 1 aliphatic heterocycles. The Morgan fingerprint density at radius 3 is 2.59 bits per heavy atom. The van der Waals surface area contributed by atoms with Gasteiger partial charge in [-0.15, -0.1) is 0 Å². The van der Waals surface area contributed by atoms with Gasteiger partial charge in [-0.05, 0) is 48.9 Å². The molecule has 0 saturated heterocycles. The maximum absolute atomic E-state index is 13.5. The van der Waals surface area contributed by atoms with Crippen LogP contribution in [0.15, 0.2) is 76.3 Å². The Balaban J connectivity index is 1.74. The van der Waals surface area contributed by atoms with E-state index in [-0.39, 0.29) is 17.6 Å². The molecule has 1 atom stereocenters. The number of fused-ring (bicyclic) bond motifs is 1. The summed E-state index contributed by atoms with van der Waals surface area (Å²) in [6.07, 6.45) is 2.17. The van der Waals surface area contributed by atoms with Gasteiger partial charge in [0.25, 0.3) is 0 Å². The molecule has 0 saturated carbocycles. The minimum absolute atomic E-state index is 0.178. The SMILES string of the molecule is Cc1nn2c(c1-c1ccc(F)cc1)N=C(c1ccccc1O)C[C@H]2c1ccco1. The molecule has 6 heteroatoms. The molecule has 2 aromatic heterocycles. The van der Waals surface area contributed by atoms with Crippen molar-refractivity contribution in [1.82, 2.24) is 9.78 Å². The van der Waals surface area contributed by atoms with Crippen LogP contribution in [0.5, 0.6) is 5.75 Å². The van der Waals surface area contributed by atoms with Crippen LogP contribution in [0.3, 0.4) is 0 Å². The van der Waals surface area contributed by atoms with Crippen LogP contribution in [0.2, 0.25) is 0 Å². The largest absolute Gasteiger partial charge is 0.507 e. The Morgan fingerprint density at radius 1 is 1.07 bits per heavy atom. The van der Waals surface area contributed by atoms with Gasteiger partial charge in [0.1, 0.15) is 23.4 Å². The normalized spacial score (nSPS) is 15.8. The van der Waals surface area contributed by atoms with Crippen molar-refractivity contribution < 1.29 is 13.9 Å². The highest BCUT2D eigenvalue weighted by Gasteiger charge is 2.31. The lowest BCUT2D eigenvalue weighted by molar-refractivity contribution is 0.409. The minimum Gasteiger partial charge on any atom is -0.507 e. The number of nitrogens with zero attached hydrogens (tertiary/aromatic N) is 3. The first-order valence-electron chi connectivity index (χ1n) is 9.36. The van der Waals surface area contributed by atoms with Crippen molar-refractivity contribution in [2.75, 3.05) is 0 Å². The highest BCUT2D eigenvalue weighted by molar-refractivity contribution is 6.05. The van der Waals surface area contributed by atoms with E-state index < -0.39 is 0 Å². The quantitative estimate of drug-likeness (QED) is 0.511. The second-order valence-corrected chi connectivity index (χ2v) is 7.05. The summed E-state index contributed by atoms with van der Waals surface area (Å²) in [5, 5.41) is 15.1. The fourth-order valence-electron chi connectivity index (χ4n) is 3.85. The van der Waals surface area contributed by atoms with E-state index in [2.05, 4.69) is 0 Å². The summed E-state index contributed by atoms with van der Waals surface area (Å²) in [7, 11) is 0. The number of benzene rings is 2. The van der Waals surface area contributed by atoms with Crippen molar-refractivity contribution in [3.8, 4) is 16.9 Å². The molecule has 29 heavy (non-hydrogen) atoms. The van der Waals surface area contributed by atoms with Crippen LogP contribution in [0.25, 0.3) is 11.1 Å². The molecule has 5 rings (SSSR count). The molecular formula is C23H18FN3O2. The molecule has 0 spiro atoms. The average molecular weight is 387 g/mol. The number of phenols is 1. The summed E-state index contributed by atoms with van der Waals surface area (Å²) in [5.41, 5.74) is 3.91. The van der Waals surface area contributed by atoms with Crippen LogP contribution in [-0.2, 0) is 0 Å². The van der Waals surface area contributed by atoms with Crippen molar-refractivity contribution in [3.05, 3.63) is 89.8 Å². The zero-order chi connectivity index (χ0) is 20.0. The van der Waals surface area contributed by atoms with E-state index in [9.17, 15) is 9.50 Å². The number of hydrogen-bond donors (Lipinski definition) is 1. The second-order valence-electron chi connectivity index (χ2n) is 7.05. The number of aliphatic imine (C=N–C) groups is 1. The van der Waals surface area contributed by atoms with Gasteiger partial charge in [0.15, 0.2) is 5.82 Å². The van der Waals surface area contributed by atoms with E-state index in [0.29, 0.717) is 17.8 Å². The summed E-state index contributed by atoms with van der Waals surface area (Å²) >= 11 is 0. The lowest BCUT2D eigenvalue weighted by Crippen LogP contribution is -2.21. The molecule has 2 aromatic carbocycles. The third-order valence-corrected chi connectivity index (χ3v) is 5.20. The topological polar surface area (TPSA) is 63.5 Å². The number of halogens is 1. The van der Waals surface area contributed by atoms with E-state index in [0.717, 1.165) is 28.3 Å². The van der Waals surface area contributed by atoms with Crippen LogP contribution in [-0.4, -0.2) is 20.6 Å². The maximum Gasteiger partial charge on any atom is 0.159 e. The number of aryl methyl sites for hydroxylation is 1. The number of aromatic nitrogens is 2. The Kier molecular flexibility index (Phi) is 4.05. The number of aromatic hydroxyl groups is 1. The summed E-state index contributed by atoms with van der Waals surface area (Å²) in [5.74, 6) is 1.32. The third kappa shape index (κ3) is 2.93. The van der Waals surface area contributed by atoms with Gasteiger partial charge in [-0.3, -0.25) is 0 Å². The van der Waals surface area contributed by atoms with Crippen molar-refractivity contribution in [1.29, 1.82) is 0 Å². The van der Waals surface area contributed by atoms with Crippen LogP contribution < -0.4 is 0 Å². The summed E-state index contributed by atoms with van der Waals surface area (Å²) in [6.45, 7) is 1.92. The lowest BCUT2D eigenvalue weighted by atomic mass is 9.98. The van der Waals surface area contributed by atoms with E-state index >= 15 is 0 Å². The molecule has 0 aliphatic carbocycles. The molecule has 1 N–H and O–H groups in total. The van der Waals surface area contributed by atoms with Crippen molar-refractivity contribution in [2.45, 2.75) is 19.4 Å². The molecule has 0 unspecified atom stereocenters. The minimum atomic E-state index is -0.292. The van der Waals surface area contributed by atoms with Crippen LogP contribution >= 0.6 is 0 Å². The van der Waals surface area contributed by atoms with Gasteiger partial charge in [-0.2, -0.15) is 5.10 Å². The Bertz CT molecular complexity index is 1210. The second kappa shape index (κ2) is 6.74. The number of hydrogen-bond acceptors (Lipinski definition) is 4. The first kappa shape index (κ1) is 17.4.